The van der Waals surface area contributed by atoms with Crippen molar-refractivity contribution in [3.63, 3.8) is 0 Å². The molecular formula is C20H22N4O4S. The summed E-state index contributed by atoms with van der Waals surface area (Å²) >= 11 is 0. The van der Waals surface area contributed by atoms with Crippen molar-refractivity contribution in [2.75, 3.05) is 16.9 Å². The largest absolute Gasteiger partial charge is 0.371 e. The maximum Gasteiger partial charge on any atom is 0.274 e. The van der Waals surface area contributed by atoms with Crippen LogP contribution in [0.25, 0.3) is 22.0 Å². The maximum atomic E-state index is 12.5. The Bertz CT molecular complexity index is 1320. The van der Waals surface area contributed by atoms with Gasteiger partial charge in [0, 0.05) is 42.2 Å². The monoisotopic (exact) mass is 414 g/mol. The van der Waals surface area contributed by atoms with Crippen molar-refractivity contribution < 1.29 is 13.2 Å². The molecule has 1 atom stereocenters. The van der Waals surface area contributed by atoms with Crippen molar-refractivity contribution in [1.29, 1.82) is 0 Å². The van der Waals surface area contributed by atoms with E-state index in [0.717, 1.165) is 6.26 Å². The third-order valence-electron chi connectivity index (χ3n) is 5.23. The molecule has 8 nitrogen and oxygen atoms in total. The van der Waals surface area contributed by atoms with Gasteiger partial charge in [-0.25, -0.2) is 8.42 Å². The van der Waals surface area contributed by atoms with E-state index < -0.39 is 15.9 Å². The topological polar surface area (TPSA) is 113 Å². The van der Waals surface area contributed by atoms with E-state index in [2.05, 4.69) is 15.6 Å². The van der Waals surface area contributed by atoms with Gasteiger partial charge >= 0.3 is 0 Å². The normalized spacial score (nSPS) is 16.6. The lowest BCUT2D eigenvalue weighted by Crippen LogP contribution is -2.42. The van der Waals surface area contributed by atoms with Crippen molar-refractivity contribution in [3.8, 4) is 11.1 Å². The van der Waals surface area contributed by atoms with E-state index in [0.29, 0.717) is 33.4 Å². The highest BCUT2D eigenvalue weighted by molar-refractivity contribution is 7.90. The number of nitrogens with one attached hydrogen (secondary N) is 3. The van der Waals surface area contributed by atoms with Crippen LogP contribution in [0.2, 0.25) is 0 Å². The third-order valence-corrected chi connectivity index (χ3v) is 6.32. The standard InChI is InChI=1S/C20H22N4O4S/c1-10(2)16-19(25)22-15-8-11(29(4,27)28)7-13(17(15)23-16)14-9-24(3)20(26)18-12(14)5-6-21-18/h5-10,16,21,23H,1-4H3,(H,22,25)/t16-/m0/s1. The predicted octanol–water partition coefficient (Wildman–Crippen LogP) is 2.33. The van der Waals surface area contributed by atoms with E-state index in [1.54, 1.807) is 31.6 Å². The molecule has 0 saturated heterocycles. The minimum atomic E-state index is -3.53. The van der Waals surface area contributed by atoms with Crippen LogP contribution in [0.1, 0.15) is 13.8 Å². The van der Waals surface area contributed by atoms with Gasteiger partial charge in [-0.3, -0.25) is 9.59 Å². The van der Waals surface area contributed by atoms with Crippen molar-refractivity contribution in [3.05, 3.63) is 40.9 Å². The van der Waals surface area contributed by atoms with Crippen LogP contribution < -0.4 is 16.2 Å². The molecule has 4 rings (SSSR count). The molecule has 9 heteroatoms. The van der Waals surface area contributed by atoms with Crippen LogP contribution in [-0.2, 0) is 21.7 Å². The lowest BCUT2D eigenvalue weighted by molar-refractivity contribution is -0.117. The number of sulfone groups is 1. The zero-order chi connectivity index (χ0) is 21.1. The first-order chi connectivity index (χ1) is 13.6. The van der Waals surface area contributed by atoms with Gasteiger partial charge in [0.05, 0.1) is 16.3 Å². The molecule has 29 heavy (non-hydrogen) atoms. The fourth-order valence-electron chi connectivity index (χ4n) is 3.68. The zero-order valence-electron chi connectivity index (χ0n) is 16.5. The first-order valence-electron chi connectivity index (χ1n) is 9.20. The number of hydrogen-bond donors (Lipinski definition) is 3. The van der Waals surface area contributed by atoms with E-state index in [1.807, 2.05) is 13.8 Å². The number of pyridine rings is 1. The molecule has 3 heterocycles. The summed E-state index contributed by atoms with van der Waals surface area (Å²) in [5.74, 6) is -0.186. The number of benzene rings is 1. The van der Waals surface area contributed by atoms with Gasteiger partial charge in [0.25, 0.3) is 5.56 Å². The van der Waals surface area contributed by atoms with Gasteiger partial charge in [-0.2, -0.15) is 0 Å². The van der Waals surface area contributed by atoms with Gasteiger partial charge < -0.3 is 20.2 Å². The van der Waals surface area contributed by atoms with Crippen molar-refractivity contribution in [2.24, 2.45) is 13.0 Å². The molecule has 0 unspecified atom stereocenters. The number of rotatable bonds is 3. The summed E-state index contributed by atoms with van der Waals surface area (Å²) in [5, 5.41) is 6.80. The molecule has 152 valence electrons. The first kappa shape index (κ1) is 19.3. The maximum absolute atomic E-state index is 12.5. The number of amides is 1. The minimum Gasteiger partial charge on any atom is -0.371 e. The third kappa shape index (κ3) is 3.11. The molecule has 0 bridgehead atoms. The van der Waals surface area contributed by atoms with Crippen LogP contribution in [0.4, 0.5) is 11.4 Å². The number of nitrogens with zero attached hydrogens (tertiary/aromatic N) is 1. The molecule has 2 aromatic heterocycles. The fourth-order valence-corrected chi connectivity index (χ4v) is 4.34. The van der Waals surface area contributed by atoms with Crippen LogP contribution in [0, 0.1) is 5.92 Å². The van der Waals surface area contributed by atoms with Gasteiger partial charge in [-0.1, -0.05) is 13.8 Å². The number of carbonyl (C=O) groups is 1. The Morgan fingerprint density at radius 1 is 1.14 bits per heavy atom. The Hall–Kier alpha value is -3.07. The van der Waals surface area contributed by atoms with Gasteiger partial charge in [0.15, 0.2) is 9.84 Å². The van der Waals surface area contributed by atoms with Crippen molar-refractivity contribution >= 4 is 38.0 Å². The average molecular weight is 414 g/mol. The molecular weight excluding hydrogens is 392 g/mol. The number of hydrogen-bond acceptors (Lipinski definition) is 5. The number of carbonyl (C=O) groups excluding carboxylic acids is 1. The van der Waals surface area contributed by atoms with Crippen molar-refractivity contribution in [1.82, 2.24) is 9.55 Å². The molecule has 0 aliphatic carbocycles. The fraction of sp³-hybridized carbons (Fsp3) is 0.300. The van der Waals surface area contributed by atoms with E-state index in [1.165, 1.54) is 10.6 Å². The van der Waals surface area contributed by atoms with Crippen LogP contribution in [0.3, 0.4) is 0 Å². The van der Waals surface area contributed by atoms with Crippen LogP contribution in [0.5, 0.6) is 0 Å². The second-order valence-corrected chi connectivity index (χ2v) is 9.76. The Labute approximate surface area is 167 Å². The quantitative estimate of drug-likeness (QED) is 0.609. The highest BCUT2D eigenvalue weighted by Gasteiger charge is 2.31. The molecule has 0 spiro atoms. The van der Waals surface area contributed by atoms with E-state index >= 15 is 0 Å². The molecule has 0 saturated carbocycles. The summed E-state index contributed by atoms with van der Waals surface area (Å²) in [6.45, 7) is 3.87. The molecule has 1 aliphatic rings. The second-order valence-electron chi connectivity index (χ2n) is 7.75. The lowest BCUT2D eigenvalue weighted by Gasteiger charge is -2.31. The number of anilines is 2. The van der Waals surface area contributed by atoms with Crippen LogP contribution in [-0.4, -0.2) is 36.2 Å². The van der Waals surface area contributed by atoms with Crippen LogP contribution in [0.15, 0.2) is 40.3 Å². The number of H-pyrrole nitrogens is 1. The Kier molecular flexibility index (Phi) is 4.30. The minimum absolute atomic E-state index is 0.0259. The second kappa shape index (κ2) is 6.48. The molecule has 1 amide bonds. The molecule has 1 aromatic carbocycles. The Morgan fingerprint density at radius 2 is 1.86 bits per heavy atom. The summed E-state index contributed by atoms with van der Waals surface area (Å²) < 4.78 is 26.0. The van der Waals surface area contributed by atoms with E-state index in [-0.39, 0.29) is 22.3 Å². The Balaban J connectivity index is 2.08. The van der Waals surface area contributed by atoms with Gasteiger partial charge in [0.1, 0.15) is 11.6 Å². The summed E-state index contributed by atoms with van der Waals surface area (Å²) in [5.41, 5.74) is 2.59. The highest BCUT2D eigenvalue weighted by Crippen LogP contribution is 2.42. The lowest BCUT2D eigenvalue weighted by atomic mass is 9.95. The van der Waals surface area contributed by atoms with E-state index in [9.17, 15) is 18.0 Å². The number of aromatic amines is 1. The highest BCUT2D eigenvalue weighted by atomic mass is 32.2. The molecule has 1 aliphatic heterocycles. The summed E-state index contributed by atoms with van der Waals surface area (Å²) in [6, 6.07) is 4.38. The number of aromatic nitrogens is 2. The average Bonchev–Trinajstić information content (AvgIpc) is 3.12. The summed E-state index contributed by atoms with van der Waals surface area (Å²) in [4.78, 5) is 28.0. The summed E-state index contributed by atoms with van der Waals surface area (Å²) in [7, 11) is -1.88. The number of aryl methyl sites for hydroxylation is 1. The molecule has 0 fully saturated rings. The molecule has 0 radical (unpaired) electrons. The van der Waals surface area contributed by atoms with Gasteiger partial charge in [0.2, 0.25) is 5.91 Å². The Morgan fingerprint density at radius 3 is 2.52 bits per heavy atom. The van der Waals surface area contributed by atoms with Crippen LogP contribution >= 0.6 is 0 Å². The van der Waals surface area contributed by atoms with Gasteiger partial charge in [-0.05, 0) is 24.1 Å². The van der Waals surface area contributed by atoms with E-state index in [4.69, 9.17) is 0 Å². The van der Waals surface area contributed by atoms with Crippen molar-refractivity contribution in [2.45, 2.75) is 24.8 Å². The predicted molar refractivity (Wildman–Crippen MR) is 113 cm³/mol. The summed E-state index contributed by atoms with van der Waals surface area (Å²) in [6.07, 6.45) is 4.48. The molecule has 3 N–H and O–H groups in total. The molecule has 3 aromatic rings. The first-order valence-corrected chi connectivity index (χ1v) is 11.1. The zero-order valence-corrected chi connectivity index (χ0v) is 17.3. The SMILES string of the molecule is CC(C)[C@@H]1Nc2c(cc(S(C)(=O)=O)cc2-c2cn(C)c(=O)c3[nH]ccc23)NC1=O. The smallest absolute Gasteiger partial charge is 0.274 e. The number of fused-ring (bicyclic) bond motifs is 2. The van der Waals surface area contributed by atoms with Gasteiger partial charge in [-0.15, -0.1) is 0 Å².